The highest BCUT2D eigenvalue weighted by Gasteiger charge is 2.35. The molecule has 0 saturated heterocycles. The van der Waals surface area contributed by atoms with Crippen LogP contribution in [0.1, 0.15) is 18.5 Å². The first kappa shape index (κ1) is 20.8. The molecule has 0 aliphatic carbocycles. The van der Waals surface area contributed by atoms with Gasteiger partial charge < -0.3 is 10.1 Å². The number of anilines is 2. The maximum atomic E-state index is 13.6. The maximum Gasteiger partial charge on any atom is 0.327 e. The summed E-state index contributed by atoms with van der Waals surface area (Å²) in [4.78, 5) is 14.4. The summed E-state index contributed by atoms with van der Waals surface area (Å²) in [6, 6.07) is 12.0. The third-order valence-corrected chi connectivity index (χ3v) is 5.89. The monoisotopic (exact) mass is 464 g/mol. The number of rotatable bonds is 3. The average Bonchev–Trinajstić information content (AvgIpc) is 2.69. The normalized spacial score (nSPS) is 15.6. The zero-order valence-corrected chi connectivity index (χ0v) is 18.2. The number of carbonyl (C=O) groups excluding carboxylic acids is 1. The summed E-state index contributed by atoms with van der Waals surface area (Å²) < 4.78 is 19.1. The Labute approximate surface area is 188 Å². The Hall–Kier alpha value is -2.47. The van der Waals surface area contributed by atoms with E-state index in [2.05, 4.69) is 5.32 Å². The predicted molar refractivity (Wildman–Crippen MR) is 119 cm³/mol. The number of ether oxygens (including phenoxy) is 1. The van der Waals surface area contributed by atoms with Crippen LogP contribution >= 0.6 is 34.8 Å². The second-order valence-electron chi connectivity index (χ2n) is 6.81. The molecule has 3 aromatic carbocycles. The summed E-state index contributed by atoms with van der Waals surface area (Å²) in [5.41, 5.74) is 3.00. The molecule has 4 rings (SSSR count). The SMILES string of the molecule is COc1cc(-c2ccc(F)cc2Cl)c2c(c1)N(c1c(Cl)cccc1Cl)C(=O)NC2C. The quantitative estimate of drug-likeness (QED) is 0.438. The number of hydrogen-bond acceptors (Lipinski definition) is 2. The van der Waals surface area contributed by atoms with Crippen molar-refractivity contribution in [3.05, 3.63) is 75.0 Å². The number of fused-ring (bicyclic) bond motifs is 1. The largest absolute Gasteiger partial charge is 0.497 e. The first-order valence-electron chi connectivity index (χ1n) is 9.03. The number of amides is 2. The summed E-state index contributed by atoms with van der Waals surface area (Å²) in [6.45, 7) is 1.86. The molecule has 1 aliphatic rings. The van der Waals surface area contributed by atoms with E-state index in [-0.39, 0.29) is 17.1 Å². The van der Waals surface area contributed by atoms with Gasteiger partial charge in [0.25, 0.3) is 0 Å². The van der Waals surface area contributed by atoms with Crippen LogP contribution in [0.15, 0.2) is 48.5 Å². The van der Waals surface area contributed by atoms with Gasteiger partial charge in [-0.05, 0) is 48.9 Å². The molecule has 0 spiro atoms. The summed E-state index contributed by atoms with van der Waals surface area (Å²) in [5, 5.41) is 3.82. The average molecular weight is 466 g/mol. The second-order valence-corrected chi connectivity index (χ2v) is 8.03. The van der Waals surface area contributed by atoms with Crippen molar-refractivity contribution in [2.75, 3.05) is 12.0 Å². The Morgan fingerprint density at radius 2 is 1.70 bits per heavy atom. The van der Waals surface area contributed by atoms with E-state index in [1.165, 1.54) is 24.1 Å². The number of hydrogen-bond donors (Lipinski definition) is 1. The summed E-state index contributed by atoms with van der Waals surface area (Å²) in [6.07, 6.45) is 0. The number of carbonyl (C=O) groups is 1. The molecule has 30 heavy (non-hydrogen) atoms. The highest BCUT2D eigenvalue weighted by molar-refractivity contribution is 6.40. The van der Waals surface area contributed by atoms with Crippen LogP contribution in [0, 0.1) is 5.82 Å². The molecule has 1 atom stereocenters. The fraction of sp³-hybridized carbons (Fsp3) is 0.136. The van der Waals surface area contributed by atoms with Crippen LogP contribution in [-0.2, 0) is 0 Å². The van der Waals surface area contributed by atoms with E-state index < -0.39 is 5.82 Å². The van der Waals surface area contributed by atoms with Crippen molar-refractivity contribution >= 4 is 52.2 Å². The van der Waals surface area contributed by atoms with Crippen LogP contribution in [-0.4, -0.2) is 13.1 Å². The first-order chi connectivity index (χ1) is 14.3. The van der Waals surface area contributed by atoms with Gasteiger partial charge >= 0.3 is 6.03 Å². The highest BCUT2D eigenvalue weighted by Crippen LogP contribution is 2.48. The van der Waals surface area contributed by atoms with Crippen LogP contribution in [0.25, 0.3) is 11.1 Å². The fourth-order valence-electron chi connectivity index (χ4n) is 3.66. The van der Waals surface area contributed by atoms with Gasteiger partial charge in [-0.15, -0.1) is 0 Å². The van der Waals surface area contributed by atoms with E-state index in [9.17, 15) is 9.18 Å². The van der Waals surface area contributed by atoms with Crippen molar-refractivity contribution in [3.8, 4) is 16.9 Å². The zero-order chi connectivity index (χ0) is 21.6. The third-order valence-electron chi connectivity index (χ3n) is 4.97. The van der Waals surface area contributed by atoms with Gasteiger partial charge in [0.1, 0.15) is 11.6 Å². The van der Waals surface area contributed by atoms with Crippen molar-refractivity contribution < 1.29 is 13.9 Å². The Morgan fingerprint density at radius 3 is 2.33 bits per heavy atom. The number of halogens is 4. The Bertz CT molecular complexity index is 1150. The standard InChI is InChI=1S/C22H16Cl3FN2O2/c1-11-20-15(14-7-6-12(26)8-18(14)25)9-13(30-2)10-19(20)28(22(29)27-11)21-16(23)4-3-5-17(21)24/h3-11H,1-2H3,(H,27,29). The van der Waals surface area contributed by atoms with Crippen LogP contribution in [0.5, 0.6) is 5.75 Å². The summed E-state index contributed by atoms with van der Waals surface area (Å²) in [7, 11) is 1.52. The lowest BCUT2D eigenvalue weighted by Gasteiger charge is -2.36. The van der Waals surface area contributed by atoms with Crippen LogP contribution in [0.3, 0.4) is 0 Å². The molecule has 1 N–H and O–H groups in total. The lowest BCUT2D eigenvalue weighted by molar-refractivity contribution is 0.244. The molecule has 1 heterocycles. The summed E-state index contributed by atoms with van der Waals surface area (Å²) in [5.74, 6) is 0.0607. The number of nitrogens with zero attached hydrogens (tertiary/aromatic N) is 1. The molecule has 2 amide bonds. The molecule has 0 radical (unpaired) electrons. The number of nitrogens with one attached hydrogen (secondary N) is 1. The summed E-state index contributed by atoms with van der Waals surface area (Å²) >= 11 is 19.2. The van der Waals surface area contributed by atoms with E-state index in [1.807, 2.05) is 6.92 Å². The van der Waals surface area contributed by atoms with Crippen molar-refractivity contribution in [1.29, 1.82) is 0 Å². The Morgan fingerprint density at radius 1 is 1.00 bits per heavy atom. The predicted octanol–water partition coefficient (Wildman–Crippen LogP) is 7.38. The van der Waals surface area contributed by atoms with Gasteiger partial charge in [0.05, 0.1) is 39.6 Å². The topological polar surface area (TPSA) is 41.6 Å². The van der Waals surface area contributed by atoms with Crippen LogP contribution in [0.2, 0.25) is 15.1 Å². The van der Waals surface area contributed by atoms with Crippen molar-refractivity contribution in [3.63, 3.8) is 0 Å². The van der Waals surface area contributed by atoms with Crippen molar-refractivity contribution in [2.45, 2.75) is 13.0 Å². The minimum atomic E-state index is -0.439. The van der Waals surface area contributed by atoms with Crippen molar-refractivity contribution in [1.82, 2.24) is 5.32 Å². The molecule has 0 bridgehead atoms. The van der Waals surface area contributed by atoms with E-state index in [4.69, 9.17) is 39.5 Å². The molecule has 1 aliphatic heterocycles. The van der Waals surface area contributed by atoms with E-state index >= 15 is 0 Å². The fourth-order valence-corrected chi connectivity index (χ4v) is 4.49. The number of benzene rings is 3. The van der Waals surface area contributed by atoms with Gasteiger partial charge in [-0.1, -0.05) is 40.9 Å². The Balaban J connectivity index is 2.04. The van der Waals surface area contributed by atoms with Gasteiger partial charge in [0, 0.05) is 17.2 Å². The smallest absolute Gasteiger partial charge is 0.327 e. The van der Waals surface area contributed by atoms with Gasteiger partial charge in [-0.2, -0.15) is 0 Å². The third kappa shape index (κ3) is 3.47. The van der Waals surface area contributed by atoms with Crippen molar-refractivity contribution in [2.24, 2.45) is 0 Å². The number of methoxy groups -OCH3 is 1. The number of urea groups is 1. The number of para-hydroxylation sites is 1. The molecule has 1 unspecified atom stereocenters. The zero-order valence-electron chi connectivity index (χ0n) is 16.0. The van der Waals surface area contributed by atoms with E-state index in [0.29, 0.717) is 38.3 Å². The first-order valence-corrected chi connectivity index (χ1v) is 10.2. The second kappa shape index (κ2) is 7.99. The molecular weight excluding hydrogens is 450 g/mol. The molecule has 154 valence electrons. The van der Waals surface area contributed by atoms with Crippen LogP contribution in [0.4, 0.5) is 20.6 Å². The molecule has 0 saturated carbocycles. The molecule has 4 nitrogen and oxygen atoms in total. The molecule has 0 fully saturated rings. The van der Waals surface area contributed by atoms with Gasteiger partial charge in [-0.25, -0.2) is 9.18 Å². The van der Waals surface area contributed by atoms with E-state index in [1.54, 1.807) is 36.4 Å². The molecular formula is C22H16Cl3FN2O2. The highest BCUT2D eigenvalue weighted by atomic mass is 35.5. The lowest BCUT2D eigenvalue weighted by atomic mass is 9.91. The molecule has 3 aromatic rings. The van der Waals surface area contributed by atoms with Gasteiger partial charge in [0.15, 0.2) is 0 Å². The van der Waals surface area contributed by atoms with Gasteiger partial charge in [0.2, 0.25) is 0 Å². The molecule has 0 aromatic heterocycles. The lowest BCUT2D eigenvalue weighted by Crippen LogP contribution is -2.43. The Kier molecular flexibility index (Phi) is 5.53. The minimum Gasteiger partial charge on any atom is -0.497 e. The maximum absolute atomic E-state index is 13.6. The molecule has 8 heteroatoms. The van der Waals surface area contributed by atoms with Crippen LogP contribution < -0.4 is 15.0 Å². The van der Waals surface area contributed by atoms with E-state index in [0.717, 1.165) is 5.56 Å². The minimum absolute atomic E-state index is 0.247. The van der Waals surface area contributed by atoms with Gasteiger partial charge in [-0.3, -0.25) is 4.90 Å².